The van der Waals surface area contributed by atoms with Gasteiger partial charge in [-0.3, -0.25) is 0 Å². The van der Waals surface area contributed by atoms with E-state index in [0.29, 0.717) is 12.0 Å². The molecule has 0 fully saturated rings. The summed E-state index contributed by atoms with van der Waals surface area (Å²) in [4.78, 5) is 22.9. The van der Waals surface area contributed by atoms with Crippen LogP contribution in [0.2, 0.25) is 0 Å². The Bertz CT molecular complexity index is 582. The van der Waals surface area contributed by atoms with Crippen molar-refractivity contribution in [1.82, 2.24) is 0 Å². The minimum atomic E-state index is -1.08. The number of carboxylic acids is 1. The fourth-order valence-electron chi connectivity index (χ4n) is 1.96. The van der Waals surface area contributed by atoms with Crippen LogP contribution in [-0.4, -0.2) is 17.0 Å². The van der Waals surface area contributed by atoms with Crippen LogP contribution in [0.4, 0.5) is 0 Å². The summed E-state index contributed by atoms with van der Waals surface area (Å²) in [6.45, 7) is 1.88. The van der Waals surface area contributed by atoms with Gasteiger partial charge in [-0.1, -0.05) is 35.9 Å². The van der Waals surface area contributed by atoms with Crippen molar-refractivity contribution in [2.75, 3.05) is 0 Å². The Labute approximate surface area is 117 Å². The van der Waals surface area contributed by atoms with Crippen molar-refractivity contribution >= 4 is 11.9 Å². The van der Waals surface area contributed by atoms with E-state index in [-0.39, 0.29) is 12.0 Å². The summed E-state index contributed by atoms with van der Waals surface area (Å²) >= 11 is 0. The first kappa shape index (κ1) is 14.1. The van der Waals surface area contributed by atoms with Gasteiger partial charge in [0.2, 0.25) is 0 Å². The van der Waals surface area contributed by atoms with E-state index in [4.69, 9.17) is 9.84 Å². The molecular formula is C16H16O4. The summed E-state index contributed by atoms with van der Waals surface area (Å²) in [5.74, 6) is -1.53. The van der Waals surface area contributed by atoms with Gasteiger partial charge in [-0.25, -0.2) is 9.59 Å². The third-order valence-electron chi connectivity index (χ3n) is 3.33. The molecular weight excluding hydrogens is 256 g/mol. The number of carbonyl (C=O) groups excluding carboxylic acids is 1. The maximum absolute atomic E-state index is 11.7. The first-order valence-corrected chi connectivity index (χ1v) is 6.44. The molecule has 0 atom stereocenters. The predicted octanol–water partition coefficient (Wildman–Crippen LogP) is 2.85. The summed E-state index contributed by atoms with van der Waals surface area (Å²) in [6, 6.07) is 9.20. The van der Waals surface area contributed by atoms with Gasteiger partial charge in [0.05, 0.1) is 5.57 Å². The van der Waals surface area contributed by atoms with Crippen molar-refractivity contribution in [1.29, 1.82) is 0 Å². The van der Waals surface area contributed by atoms with Crippen LogP contribution in [0.1, 0.15) is 25.3 Å². The lowest BCUT2D eigenvalue weighted by Gasteiger charge is -2.18. The van der Waals surface area contributed by atoms with Gasteiger partial charge in [-0.2, -0.15) is 0 Å². The quantitative estimate of drug-likeness (QED) is 0.508. The first-order valence-electron chi connectivity index (χ1n) is 6.44. The molecule has 0 aromatic heterocycles. The van der Waals surface area contributed by atoms with Crippen molar-refractivity contribution in [3.63, 3.8) is 0 Å². The highest BCUT2D eigenvalue weighted by Crippen LogP contribution is 2.28. The Hall–Kier alpha value is -2.36. The molecule has 20 heavy (non-hydrogen) atoms. The molecule has 0 spiro atoms. The second-order valence-electron chi connectivity index (χ2n) is 4.77. The summed E-state index contributed by atoms with van der Waals surface area (Å²) in [7, 11) is 0. The van der Waals surface area contributed by atoms with Crippen LogP contribution in [0.3, 0.4) is 0 Å². The fraction of sp³-hybridized carbons (Fsp3) is 0.250. The molecule has 104 valence electrons. The zero-order valence-corrected chi connectivity index (χ0v) is 11.3. The smallest absolute Gasteiger partial charge is 0.338 e. The van der Waals surface area contributed by atoms with E-state index in [2.05, 4.69) is 0 Å². The highest BCUT2D eigenvalue weighted by atomic mass is 16.5. The fourth-order valence-corrected chi connectivity index (χ4v) is 1.96. The molecule has 1 aliphatic carbocycles. The van der Waals surface area contributed by atoms with E-state index in [1.165, 1.54) is 0 Å². The summed E-state index contributed by atoms with van der Waals surface area (Å²) in [5, 5.41) is 9.14. The van der Waals surface area contributed by atoms with Gasteiger partial charge in [-0.15, -0.1) is 0 Å². The van der Waals surface area contributed by atoms with Crippen molar-refractivity contribution in [2.24, 2.45) is 0 Å². The Balaban J connectivity index is 2.05. The Morgan fingerprint density at radius 1 is 1.25 bits per heavy atom. The number of rotatable bonds is 5. The SMILES string of the molecule is CC1=C(C(=O)OC=C(Cc2ccccc2)C(=O)O)CC1. The van der Waals surface area contributed by atoms with Crippen LogP contribution in [0.25, 0.3) is 0 Å². The predicted molar refractivity (Wildman–Crippen MR) is 73.9 cm³/mol. The maximum atomic E-state index is 11.7. The topological polar surface area (TPSA) is 63.6 Å². The first-order chi connectivity index (χ1) is 9.58. The van der Waals surface area contributed by atoms with Crippen LogP contribution < -0.4 is 0 Å². The highest BCUT2D eigenvalue weighted by molar-refractivity contribution is 5.92. The number of hydrogen-bond acceptors (Lipinski definition) is 3. The summed E-state index contributed by atoms with van der Waals surface area (Å²) in [5.41, 5.74) is 2.59. The largest absolute Gasteiger partial charge is 0.478 e. The molecule has 1 aromatic carbocycles. The number of hydrogen-bond donors (Lipinski definition) is 1. The lowest BCUT2D eigenvalue weighted by atomic mass is 9.90. The third-order valence-corrected chi connectivity index (χ3v) is 3.33. The average Bonchev–Trinajstić information content (AvgIpc) is 2.42. The van der Waals surface area contributed by atoms with E-state index in [9.17, 15) is 9.59 Å². The van der Waals surface area contributed by atoms with Gasteiger partial charge in [-0.05, 0) is 25.3 Å². The second-order valence-corrected chi connectivity index (χ2v) is 4.77. The van der Waals surface area contributed by atoms with Gasteiger partial charge in [0, 0.05) is 12.0 Å². The summed E-state index contributed by atoms with van der Waals surface area (Å²) in [6.07, 6.45) is 2.89. The van der Waals surface area contributed by atoms with Crippen LogP contribution >= 0.6 is 0 Å². The number of esters is 1. The van der Waals surface area contributed by atoms with Crippen molar-refractivity contribution in [3.05, 3.63) is 58.9 Å². The van der Waals surface area contributed by atoms with Crippen molar-refractivity contribution in [2.45, 2.75) is 26.2 Å². The molecule has 0 unspecified atom stereocenters. The van der Waals surface area contributed by atoms with Crippen LogP contribution in [0.5, 0.6) is 0 Å². The number of carbonyl (C=O) groups is 2. The molecule has 0 bridgehead atoms. The lowest BCUT2D eigenvalue weighted by Crippen LogP contribution is -2.14. The van der Waals surface area contributed by atoms with Crippen molar-refractivity contribution in [3.8, 4) is 0 Å². The molecule has 4 heteroatoms. The summed E-state index contributed by atoms with van der Waals surface area (Å²) < 4.78 is 4.97. The van der Waals surface area contributed by atoms with Crippen LogP contribution in [0.15, 0.2) is 53.3 Å². The third kappa shape index (κ3) is 3.35. The standard InChI is InChI=1S/C16H16O4/c1-11-7-8-14(11)16(19)20-10-13(15(17)18)9-12-5-3-2-4-6-12/h2-6,10H,7-9H2,1H3,(H,17,18). The van der Waals surface area contributed by atoms with Gasteiger partial charge in [0.15, 0.2) is 0 Å². The molecule has 0 heterocycles. The van der Waals surface area contributed by atoms with Gasteiger partial charge in [0.25, 0.3) is 0 Å². The zero-order valence-electron chi connectivity index (χ0n) is 11.3. The van der Waals surface area contributed by atoms with Crippen LogP contribution in [-0.2, 0) is 20.7 Å². The van der Waals surface area contributed by atoms with Crippen LogP contribution in [0, 0.1) is 0 Å². The zero-order chi connectivity index (χ0) is 14.5. The number of benzene rings is 1. The minimum Gasteiger partial charge on any atom is -0.478 e. The monoisotopic (exact) mass is 272 g/mol. The molecule has 2 rings (SSSR count). The van der Waals surface area contributed by atoms with E-state index < -0.39 is 11.9 Å². The van der Waals surface area contributed by atoms with E-state index >= 15 is 0 Å². The molecule has 0 aliphatic heterocycles. The Morgan fingerprint density at radius 3 is 2.45 bits per heavy atom. The van der Waals surface area contributed by atoms with Gasteiger partial charge in [0.1, 0.15) is 6.26 Å². The van der Waals surface area contributed by atoms with Gasteiger partial charge < -0.3 is 9.84 Å². The molecule has 1 aromatic rings. The highest BCUT2D eigenvalue weighted by Gasteiger charge is 2.21. The number of aliphatic carboxylic acids is 1. The molecule has 0 saturated heterocycles. The Morgan fingerprint density at radius 2 is 1.95 bits per heavy atom. The molecule has 0 radical (unpaired) electrons. The van der Waals surface area contributed by atoms with Gasteiger partial charge >= 0.3 is 11.9 Å². The van der Waals surface area contributed by atoms with E-state index in [0.717, 1.165) is 23.8 Å². The minimum absolute atomic E-state index is 0.0575. The van der Waals surface area contributed by atoms with Crippen molar-refractivity contribution < 1.29 is 19.4 Å². The molecule has 4 nitrogen and oxygen atoms in total. The number of allylic oxidation sites excluding steroid dienone is 1. The maximum Gasteiger partial charge on any atom is 0.338 e. The van der Waals surface area contributed by atoms with E-state index in [1.54, 1.807) is 0 Å². The Kier molecular flexibility index (Phi) is 4.35. The molecule has 1 aliphatic rings. The number of ether oxygens (including phenoxy) is 1. The number of carboxylic acid groups (broad SMARTS) is 1. The second kappa shape index (κ2) is 6.19. The molecule has 0 saturated carbocycles. The lowest BCUT2D eigenvalue weighted by molar-refractivity contribution is -0.134. The molecule has 1 N–H and O–H groups in total. The van der Waals surface area contributed by atoms with E-state index in [1.807, 2.05) is 37.3 Å². The molecule has 0 amide bonds. The normalized spacial score (nSPS) is 14.8. The average molecular weight is 272 g/mol.